The molecule has 6 atom stereocenters. The normalized spacial score (nSPS) is 24.2. The van der Waals surface area contributed by atoms with Gasteiger partial charge in [-0.3, -0.25) is 0 Å². The molecule has 276 valence electrons. The van der Waals surface area contributed by atoms with E-state index in [1.54, 1.807) is 0 Å². The molecular weight excluding hydrogens is 688 g/mol. The molecule has 5 aromatic carbocycles. The molecule has 2 fully saturated rings. The molecule has 2 aliphatic rings. The molecule has 2 aliphatic heterocycles. The van der Waals surface area contributed by atoms with E-state index in [1.807, 2.05) is 147 Å². The highest BCUT2D eigenvalue weighted by Crippen LogP contribution is 2.54. The molecule has 2 heterocycles. The van der Waals surface area contributed by atoms with Crippen molar-refractivity contribution in [2.45, 2.75) is 82.3 Å². The molecule has 0 radical (unpaired) electrons. The molecule has 5 aromatic rings. The average Bonchev–Trinajstić information content (AvgIpc) is 3.57. The van der Waals surface area contributed by atoms with E-state index in [9.17, 15) is 5.11 Å². The fourth-order valence-corrected chi connectivity index (χ4v) is 7.60. The Morgan fingerprint density at radius 2 is 1.26 bits per heavy atom. The number of rotatable bonds is 16. The van der Waals surface area contributed by atoms with E-state index >= 15 is 0 Å². The van der Waals surface area contributed by atoms with Gasteiger partial charge in [0.15, 0.2) is 0 Å². The number of fused-ring (bicyclic) bond motifs is 2. The summed E-state index contributed by atoms with van der Waals surface area (Å²) in [5.74, 6) is -0.642. The molecule has 2 saturated heterocycles. The minimum absolute atomic E-state index is 0.0642. The summed E-state index contributed by atoms with van der Waals surface area (Å²) in [6.07, 6.45) is -2.23. The molecule has 0 amide bonds. The number of hydrogen-bond acceptors (Lipinski definition) is 7. The molecule has 8 heteroatoms. The highest BCUT2D eigenvalue weighted by molar-refractivity contribution is 6.31. The topological polar surface area (TPSA) is 75.6 Å². The van der Waals surface area contributed by atoms with Gasteiger partial charge in [-0.2, -0.15) is 0 Å². The van der Waals surface area contributed by atoms with Gasteiger partial charge in [0.25, 0.3) is 0 Å². The smallest absolute Gasteiger partial charge is 0.225 e. The van der Waals surface area contributed by atoms with E-state index in [2.05, 4.69) is 0 Å². The van der Waals surface area contributed by atoms with Crippen molar-refractivity contribution in [2.24, 2.45) is 0 Å². The Balaban J connectivity index is 1.32. The summed E-state index contributed by atoms with van der Waals surface area (Å²) in [7, 11) is 0. The van der Waals surface area contributed by atoms with Crippen molar-refractivity contribution >= 4 is 11.6 Å². The van der Waals surface area contributed by atoms with Crippen LogP contribution in [0.5, 0.6) is 5.75 Å². The van der Waals surface area contributed by atoms with Gasteiger partial charge in [-0.15, -0.1) is 0 Å². The van der Waals surface area contributed by atoms with Crippen LogP contribution >= 0.6 is 11.6 Å². The largest absolute Gasteiger partial charge is 0.494 e. The van der Waals surface area contributed by atoms with E-state index < -0.39 is 35.8 Å². The van der Waals surface area contributed by atoms with Crippen molar-refractivity contribution in [3.63, 3.8) is 0 Å². The Morgan fingerprint density at radius 1 is 0.698 bits per heavy atom. The van der Waals surface area contributed by atoms with Crippen LogP contribution < -0.4 is 4.74 Å². The number of halogens is 1. The Labute approximate surface area is 317 Å². The third-order valence-corrected chi connectivity index (χ3v) is 10.5. The Bertz CT molecular complexity index is 1890. The zero-order chi connectivity index (χ0) is 36.7. The zero-order valence-electron chi connectivity index (χ0n) is 30.2. The molecule has 0 spiro atoms. The van der Waals surface area contributed by atoms with Crippen molar-refractivity contribution in [1.82, 2.24) is 0 Å². The Morgan fingerprint density at radius 3 is 1.83 bits per heavy atom. The molecular formula is C45H47ClO7. The molecule has 7 rings (SSSR count). The number of aliphatic hydroxyl groups is 1. The van der Waals surface area contributed by atoms with E-state index in [-0.39, 0.29) is 19.8 Å². The van der Waals surface area contributed by atoms with Crippen LogP contribution in [0.4, 0.5) is 0 Å². The Kier molecular flexibility index (Phi) is 11.9. The van der Waals surface area contributed by atoms with Gasteiger partial charge < -0.3 is 33.5 Å². The van der Waals surface area contributed by atoms with Crippen LogP contribution in [0.25, 0.3) is 0 Å². The maximum Gasteiger partial charge on any atom is 0.225 e. The highest BCUT2D eigenvalue weighted by Gasteiger charge is 2.71. The van der Waals surface area contributed by atoms with Gasteiger partial charge in [-0.25, -0.2) is 0 Å². The van der Waals surface area contributed by atoms with Gasteiger partial charge >= 0.3 is 0 Å². The number of ether oxygens (including phenoxy) is 6. The lowest BCUT2D eigenvalue weighted by atomic mass is 9.79. The number of benzene rings is 5. The van der Waals surface area contributed by atoms with Crippen LogP contribution in [0.2, 0.25) is 5.02 Å². The first kappa shape index (κ1) is 37.3. The highest BCUT2D eigenvalue weighted by atomic mass is 35.5. The fourth-order valence-electron chi connectivity index (χ4n) is 7.42. The van der Waals surface area contributed by atoms with E-state index in [4.69, 9.17) is 40.0 Å². The summed E-state index contributed by atoms with van der Waals surface area (Å²) in [4.78, 5) is 0. The summed E-state index contributed by atoms with van der Waals surface area (Å²) in [6, 6.07) is 43.9. The molecule has 1 unspecified atom stereocenters. The van der Waals surface area contributed by atoms with Crippen molar-refractivity contribution in [3.8, 4) is 5.75 Å². The van der Waals surface area contributed by atoms with Gasteiger partial charge in [0, 0.05) is 10.6 Å². The quantitative estimate of drug-likeness (QED) is 0.109. The fraction of sp³-hybridized carbons (Fsp3) is 0.333. The van der Waals surface area contributed by atoms with Gasteiger partial charge in [-0.1, -0.05) is 128 Å². The van der Waals surface area contributed by atoms with Crippen molar-refractivity contribution in [3.05, 3.63) is 172 Å². The number of aliphatic hydroxyl groups excluding tert-OH is 1. The van der Waals surface area contributed by atoms with Crippen LogP contribution in [0.3, 0.4) is 0 Å². The molecule has 0 aromatic heterocycles. The summed E-state index contributed by atoms with van der Waals surface area (Å²) >= 11 is 6.89. The van der Waals surface area contributed by atoms with Crippen LogP contribution in [0.15, 0.2) is 133 Å². The second-order valence-corrected chi connectivity index (χ2v) is 14.1. The monoisotopic (exact) mass is 734 g/mol. The molecule has 2 bridgehead atoms. The van der Waals surface area contributed by atoms with Crippen molar-refractivity contribution in [1.29, 1.82) is 0 Å². The lowest BCUT2D eigenvalue weighted by molar-refractivity contribution is -0.360. The second-order valence-electron chi connectivity index (χ2n) is 13.7. The van der Waals surface area contributed by atoms with Gasteiger partial charge in [-0.05, 0) is 71.8 Å². The van der Waals surface area contributed by atoms with Crippen molar-refractivity contribution in [2.75, 3.05) is 13.2 Å². The average molecular weight is 735 g/mol. The van der Waals surface area contributed by atoms with Crippen LogP contribution in [-0.4, -0.2) is 48.3 Å². The first-order valence-electron chi connectivity index (χ1n) is 18.4. The predicted molar refractivity (Wildman–Crippen MR) is 205 cm³/mol. The predicted octanol–water partition coefficient (Wildman–Crippen LogP) is 8.81. The van der Waals surface area contributed by atoms with Crippen LogP contribution in [0.1, 0.15) is 53.6 Å². The Hall–Kier alpha value is -4.05. The minimum atomic E-state index is -1.46. The van der Waals surface area contributed by atoms with E-state index in [0.717, 1.165) is 39.1 Å². The third-order valence-electron chi connectivity index (χ3n) is 10.2. The maximum atomic E-state index is 11.9. The molecule has 53 heavy (non-hydrogen) atoms. The molecule has 0 saturated carbocycles. The minimum Gasteiger partial charge on any atom is -0.494 e. The maximum absolute atomic E-state index is 11.9. The van der Waals surface area contributed by atoms with Gasteiger partial charge in [0.2, 0.25) is 5.79 Å². The van der Waals surface area contributed by atoms with Gasteiger partial charge in [0.05, 0.1) is 39.1 Å². The van der Waals surface area contributed by atoms with E-state index in [1.165, 1.54) is 0 Å². The number of hydrogen-bond donors (Lipinski definition) is 1. The molecule has 1 N–H and O–H groups in total. The zero-order valence-corrected chi connectivity index (χ0v) is 31.0. The summed E-state index contributed by atoms with van der Waals surface area (Å²) in [5, 5.41) is 12.5. The molecule has 7 nitrogen and oxygen atoms in total. The lowest BCUT2D eigenvalue weighted by Crippen LogP contribution is -2.69. The second kappa shape index (κ2) is 17.0. The standard InChI is InChI=1S/C45H47ClO7/c1-3-40(47)44-31-52-45(53-44,37-22-25-39(46)36(27-37)26-32-20-23-38(24-21-32)48-4-2)43(51-30-35-18-12-7-13-19-35)41(49-28-33-14-8-5-9-15-33)42(44)50-29-34-16-10-6-11-17-34/h5-25,27,40-43,47H,3-4,26,28-31H2,1-2H3/t40?,41-,42-,43+,44+,45-/m0/s1. The first-order valence-corrected chi connectivity index (χ1v) is 18.8. The summed E-state index contributed by atoms with van der Waals surface area (Å²) in [6.45, 7) is 5.42. The first-order chi connectivity index (χ1) is 25.9. The van der Waals surface area contributed by atoms with Crippen molar-refractivity contribution < 1.29 is 33.5 Å². The van der Waals surface area contributed by atoms with Crippen LogP contribution in [0, 0.1) is 0 Å². The summed E-state index contributed by atoms with van der Waals surface area (Å²) < 4.78 is 40.5. The molecule has 0 aliphatic carbocycles. The summed E-state index contributed by atoms with van der Waals surface area (Å²) in [5.41, 5.74) is 4.40. The van der Waals surface area contributed by atoms with E-state index in [0.29, 0.717) is 31.1 Å². The third kappa shape index (κ3) is 8.08. The lowest BCUT2D eigenvalue weighted by Gasteiger charge is -2.52. The van der Waals surface area contributed by atoms with Gasteiger partial charge in [0.1, 0.15) is 29.7 Å². The SMILES string of the molecule is CCOc1ccc(Cc2cc([C@]34OC[C@](C(O)CC)(O3)[C@@H](OCc3ccccc3)[C@H](OCc3ccccc3)[C@H]4OCc3ccccc3)ccc2Cl)cc1. The van der Waals surface area contributed by atoms with Crippen LogP contribution in [-0.2, 0) is 55.7 Å².